The van der Waals surface area contributed by atoms with E-state index in [0.717, 1.165) is 10.2 Å². The first-order valence-corrected chi connectivity index (χ1v) is 8.26. The molecule has 0 amide bonds. The van der Waals surface area contributed by atoms with Crippen molar-refractivity contribution in [2.45, 2.75) is 19.8 Å². The first-order valence-electron chi connectivity index (χ1n) is 7.88. The minimum Gasteiger partial charge on any atom is -0.505 e. The van der Waals surface area contributed by atoms with Gasteiger partial charge in [0.2, 0.25) is 0 Å². The van der Waals surface area contributed by atoms with Gasteiger partial charge in [-0.3, -0.25) is 4.79 Å². The molecule has 0 saturated heterocycles. The van der Waals surface area contributed by atoms with Crippen molar-refractivity contribution >= 4 is 11.6 Å². The normalized spacial score (nSPS) is 10.9. The van der Waals surface area contributed by atoms with Gasteiger partial charge in [-0.15, -0.1) is 0 Å². The first-order chi connectivity index (χ1) is 12.4. The van der Waals surface area contributed by atoms with Crippen molar-refractivity contribution in [3.05, 3.63) is 68.9 Å². The molecule has 0 spiro atoms. The largest absolute Gasteiger partial charge is 0.505 e. The van der Waals surface area contributed by atoms with E-state index in [1.54, 1.807) is 19.3 Å². The second kappa shape index (κ2) is 7.21. The molecule has 8 heteroatoms. The fraction of sp³-hybridized carbons (Fsp3) is 0.222. The standard InChI is InChI=1S/C18H16ClFN4O2/c1-10-17(25)16(18(26)24(2)23-10)15-12(13(19)5-6-14(15)20)4-3-11-7-21-9-22-8-11/h5-9,25H,3-4H2,1-2H3. The summed E-state index contributed by atoms with van der Waals surface area (Å²) in [4.78, 5) is 20.4. The molecule has 0 fully saturated rings. The van der Waals surface area contributed by atoms with E-state index in [9.17, 15) is 14.3 Å². The van der Waals surface area contributed by atoms with Gasteiger partial charge in [0.1, 0.15) is 17.8 Å². The number of hydrogen-bond donors (Lipinski definition) is 1. The van der Waals surface area contributed by atoms with E-state index in [-0.39, 0.29) is 22.6 Å². The maximum Gasteiger partial charge on any atom is 0.278 e. The molecule has 1 N–H and O–H groups in total. The summed E-state index contributed by atoms with van der Waals surface area (Å²) in [6, 6.07) is 2.62. The van der Waals surface area contributed by atoms with E-state index in [1.807, 2.05) is 0 Å². The van der Waals surface area contributed by atoms with E-state index >= 15 is 0 Å². The zero-order chi connectivity index (χ0) is 18.8. The minimum atomic E-state index is -0.633. The molecule has 26 heavy (non-hydrogen) atoms. The van der Waals surface area contributed by atoms with Gasteiger partial charge >= 0.3 is 0 Å². The summed E-state index contributed by atoms with van der Waals surface area (Å²) in [7, 11) is 1.45. The summed E-state index contributed by atoms with van der Waals surface area (Å²) in [6.07, 6.45) is 5.59. The minimum absolute atomic E-state index is 0.00190. The third kappa shape index (κ3) is 3.30. The zero-order valence-electron chi connectivity index (χ0n) is 14.2. The third-order valence-electron chi connectivity index (χ3n) is 4.12. The highest BCUT2D eigenvalue weighted by molar-refractivity contribution is 6.31. The highest BCUT2D eigenvalue weighted by atomic mass is 35.5. The van der Waals surface area contributed by atoms with Crippen LogP contribution in [-0.4, -0.2) is 24.9 Å². The maximum atomic E-state index is 14.7. The van der Waals surface area contributed by atoms with E-state index < -0.39 is 11.4 Å². The molecule has 0 aliphatic rings. The molecule has 0 atom stereocenters. The summed E-state index contributed by atoms with van der Waals surface area (Å²) in [5.74, 6) is -0.981. The van der Waals surface area contributed by atoms with Crippen molar-refractivity contribution in [2.24, 2.45) is 7.05 Å². The van der Waals surface area contributed by atoms with Crippen LogP contribution in [0.5, 0.6) is 5.75 Å². The summed E-state index contributed by atoms with van der Waals surface area (Å²) < 4.78 is 15.8. The molecule has 0 unspecified atom stereocenters. The van der Waals surface area contributed by atoms with E-state index in [2.05, 4.69) is 15.1 Å². The highest BCUT2D eigenvalue weighted by Gasteiger charge is 2.23. The van der Waals surface area contributed by atoms with Crippen LogP contribution in [0.1, 0.15) is 16.8 Å². The Bertz CT molecular complexity index is 1020. The lowest BCUT2D eigenvalue weighted by atomic mass is 9.95. The number of benzene rings is 1. The monoisotopic (exact) mass is 374 g/mol. The van der Waals surface area contributed by atoms with Gasteiger partial charge < -0.3 is 5.11 Å². The molecule has 3 aromatic rings. The van der Waals surface area contributed by atoms with Crippen LogP contribution in [0.3, 0.4) is 0 Å². The molecule has 0 aliphatic heterocycles. The number of aromatic hydroxyl groups is 1. The molecule has 0 bridgehead atoms. The van der Waals surface area contributed by atoms with Gasteiger partial charge in [-0.1, -0.05) is 11.6 Å². The zero-order valence-corrected chi connectivity index (χ0v) is 15.0. The Hall–Kier alpha value is -2.80. The van der Waals surface area contributed by atoms with Crippen LogP contribution in [0.2, 0.25) is 5.02 Å². The lowest BCUT2D eigenvalue weighted by Crippen LogP contribution is -2.23. The number of rotatable bonds is 4. The van der Waals surface area contributed by atoms with Gasteiger partial charge in [0.15, 0.2) is 5.75 Å². The lowest BCUT2D eigenvalue weighted by Gasteiger charge is -2.15. The molecule has 0 saturated carbocycles. The van der Waals surface area contributed by atoms with Crippen LogP contribution in [0, 0.1) is 12.7 Å². The molecular weight excluding hydrogens is 359 g/mol. The smallest absolute Gasteiger partial charge is 0.278 e. The van der Waals surface area contributed by atoms with Crippen LogP contribution >= 0.6 is 11.6 Å². The quantitative estimate of drug-likeness (QED) is 0.759. The molecule has 3 rings (SSSR count). The predicted octanol–water partition coefficient (Wildman–Crippen LogP) is 2.83. The van der Waals surface area contributed by atoms with Crippen molar-refractivity contribution in [1.82, 2.24) is 19.7 Å². The average Bonchev–Trinajstić information content (AvgIpc) is 2.63. The summed E-state index contributed by atoms with van der Waals surface area (Å²) in [5.41, 5.74) is 0.773. The lowest BCUT2D eigenvalue weighted by molar-refractivity contribution is 0.460. The van der Waals surface area contributed by atoms with Gasteiger partial charge in [0.05, 0.1) is 5.56 Å². The molecule has 2 aromatic heterocycles. The Kier molecular flexibility index (Phi) is 4.99. The third-order valence-corrected chi connectivity index (χ3v) is 4.47. The molecule has 0 aliphatic carbocycles. The Balaban J connectivity index is 2.17. The SMILES string of the molecule is Cc1nn(C)c(=O)c(-c2c(F)ccc(Cl)c2CCc2cncnc2)c1O. The first kappa shape index (κ1) is 18.0. The van der Waals surface area contributed by atoms with Crippen LogP contribution in [0.25, 0.3) is 11.1 Å². The topological polar surface area (TPSA) is 80.9 Å². The second-order valence-corrected chi connectivity index (χ2v) is 6.27. The fourth-order valence-corrected chi connectivity index (χ4v) is 3.08. The number of nitrogens with zero attached hydrogens (tertiary/aromatic N) is 4. The number of aromatic nitrogens is 4. The van der Waals surface area contributed by atoms with Gasteiger partial charge in [0.25, 0.3) is 5.56 Å². The Morgan fingerprint density at radius 2 is 1.88 bits per heavy atom. The Labute approximate surface area is 153 Å². The van der Waals surface area contributed by atoms with Crippen LogP contribution in [-0.2, 0) is 19.9 Å². The van der Waals surface area contributed by atoms with Crippen molar-refractivity contribution < 1.29 is 9.50 Å². The Morgan fingerprint density at radius 3 is 2.58 bits per heavy atom. The average molecular weight is 375 g/mol. The molecular formula is C18H16ClFN4O2. The van der Waals surface area contributed by atoms with Crippen molar-refractivity contribution in [1.29, 1.82) is 0 Å². The van der Waals surface area contributed by atoms with E-state index in [4.69, 9.17) is 11.6 Å². The number of aryl methyl sites for hydroxylation is 3. The van der Waals surface area contributed by atoms with Crippen molar-refractivity contribution in [2.75, 3.05) is 0 Å². The molecule has 2 heterocycles. The number of hydrogen-bond acceptors (Lipinski definition) is 5. The van der Waals surface area contributed by atoms with Crippen LogP contribution in [0.4, 0.5) is 4.39 Å². The van der Waals surface area contributed by atoms with Gasteiger partial charge in [0, 0.05) is 30.0 Å². The van der Waals surface area contributed by atoms with E-state index in [0.29, 0.717) is 23.4 Å². The summed E-state index contributed by atoms with van der Waals surface area (Å²) in [5, 5.41) is 14.6. The van der Waals surface area contributed by atoms with Crippen molar-refractivity contribution in [3.63, 3.8) is 0 Å². The van der Waals surface area contributed by atoms with Crippen LogP contribution in [0.15, 0.2) is 35.6 Å². The predicted molar refractivity (Wildman–Crippen MR) is 95.7 cm³/mol. The van der Waals surface area contributed by atoms with Crippen molar-refractivity contribution in [3.8, 4) is 16.9 Å². The molecule has 6 nitrogen and oxygen atoms in total. The summed E-state index contributed by atoms with van der Waals surface area (Å²) in [6.45, 7) is 1.54. The molecule has 0 radical (unpaired) electrons. The van der Waals surface area contributed by atoms with Gasteiger partial charge in [-0.25, -0.2) is 19.0 Å². The number of halogens is 2. The summed E-state index contributed by atoms with van der Waals surface area (Å²) >= 11 is 6.30. The fourth-order valence-electron chi connectivity index (χ4n) is 2.82. The van der Waals surface area contributed by atoms with E-state index in [1.165, 1.54) is 25.5 Å². The Morgan fingerprint density at radius 1 is 1.19 bits per heavy atom. The van der Waals surface area contributed by atoms with Gasteiger partial charge in [-0.2, -0.15) is 5.10 Å². The second-order valence-electron chi connectivity index (χ2n) is 5.87. The molecule has 134 valence electrons. The highest BCUT2D eigenvalue weighted by Crippen LogP contribution is 2.36. The molecule has 1 aromatic carbocycles. The van der Waals surface area contributed by atoms with Gasteiger partial charge in [-0.05, 0) is 43.0 Å². The maximum absolute atomic E-state index is 14.7. The van der Waals surface area contributed by atoms with Crippen LogP contribution < -0.4 is 5.56 Å².